The molecule has 0 aliphatic heterocycles. The monoisotopic (exact) mass is 226 g/mol. The maximum atomic E-state index is 3.68. The second-order valence-electron chi connectivity index (χ2n) is 5.33. The molecule has 0 spiro atoms. The molecular formula is C14H30N2. The molecule has 96 valence electrons. The Bertz CT molecular complexity index is 178. The van der Waals surface area contributed by atoms with E-state index in [-0.39, 0.29) is 0 Å². The van der Waals surface area contributed by atoms with Crippen LogP contribution >= 0.6 is 0 Å². The highest BCUT2D eigenvalue weighted by Gasteiger charge is 2.28. The van der Waals surface area contributed by atoms with E-state index in [1.54, 1.807) is 0 Å². The van der Waals surface area contributed by atoms with Gasteiger partial charge < -0.3 is 10.2 Å². The van der Waals surface area contributed by atoms with Gasteiger partial charge in [-0.2, -0.15) is 0 Å². The molecular weight excluding hydrogens is 196 g/mol. The largest absolute Gasteiger partial charge is 0.314 e. The van der Waals surface area contributed by atoms with Gasteiger partial charge in [-0.3, -0.25) is 0 Å². The minimum Gasteiger partial charge on any atom is -0.314 e. The van der Waals surface area contributed by atoms with Crippen LogP contribution in [-0.2, 0) is 0 Å². The molecule has 16 heavy (non-hydrogen) atoms. The van der Waals surface area contributed by atoms with Crippen LogP contribution in [0.15, 0.2) is 0 Å². The molecule has 1 aliphatic carbocycles. The summed E-state index contributed by atoms with van der Waals surface area (Å²) in [6.45, 7) is 14.0. The molecule has 3 unspecified atom stereocenters. The zero-order valence-corrected chi connectivity index (χ0v) is 11.6. The number of rotatable bonds is 6. The zero-order valence-electron chi connectivity index (χ0n) is 11.6. The third-order valence-electron chi connectivity index (χ3n) is 4.10. The van der Waals surface area contributed by atoms with Gasteiger partial charge in [0.05, 0.1) is 0 Å². The molecule has 3 atom stereocenters. The van der Waals surface area contributed by atoms with Crippen molar-refractivity contribution < 1.29 is 0 Å². The van der Waals surface area contributed by atoms with Crippen molar-refractivity contribution >= 4 is 0 Å². The molecule has 1 N–H and O–H groups in total. The van der Waals surface area contributed by atoms with Crippen molar-refractivity contribution in [2.24, 2.45) is 11.8 Å². The van der Waals surface area contributed by atoms with Crippen molar-refractivity contribution in [1.82, 2.24) is 10.2 Å². The zero-order chi connectivity index (χ0) is 12.0. The first kappa shape index (κ1) is 14.0. The molecule has 1 fully saturated rings. The van der Waals surface area contributed by atoms with Gasteiger partial charge in [-0.1, -0.05) is 27.7 Å². The van der Waals surface area contributed by atoms with Crippen molar-refractivity contribution in [3.8, 4) is 0 Å². The lowest BCUT2D eigenvalue weighted by Crippen LogP contribution is -2.45. The predicted octanol–water partition coefficient (Wildman–Crippen LogP) is 2.74. The topological polar surface area (TPSA) is 15.3 Å². The maximum absolute atomic E-state index is 3.68. The minimum absolute atomic E-state index is 0.766. The van der Waals surface area contributed by atoms with Gasteiger partial charge in [0.25, 0.3) is 0 Å². The van der Waals surface area contributed by atoms with Gasteiger partial charge >= 0.3 is 0 Å². The van der Waals surface area contributed by atoms with Crippen LogP contribution in [0, 0.1) is 11.8 Å². The molecule has 0 aromatic heterocycles. The standard InChI is InChI=1S/C14H30N2/c1-5-15-14-9-8-12(4)10-13(14)11-16(6-2)7-3/h12-15H,5-11H2,1-4H3. The van der Waals surface area contributed by atoms with Crippen LogP contribution in [0.5, 0.6) is 0 Å². The average Bonchev–Trinajstić information content (AvgIpc) is 2.29. The van der Waals surface area contributed by atoms with Crippen molar-refractivity contribution in [2.45, 2.75) is 53.0 Å². The van der Waals surface area contributed by atoms with Gasteiger partial charge in [0.15, 0.2) is 0 Å². The fourth-order valence-electron chi connectivity index (χ4n) is 3.04. The molecule has 1 saturated carbocycles. The van der Waals surface area contributed by atoms with E-state index in [4.69, 9.17) is 0 Å². The summed E-state index contributed by atoms with van der Waals surface area (Å²) < 4.78 is 0. The number of hydrogen-bond acceptors (Lipinski definition) is 2. The molecule has 0 aromatic rings. The summed E-state index contributed by atoms with van der Waals surface area (Å²) in [5.41, 5.74) is 0. The maximum Gasteiger partial charge on any atom is 0.0108 e. The van der Waals surface area contributed by atoms with Gasteiger partial charge in [-0.05, 0) is 50.7 Å². The lowest BCUT2D eigenvalue weighted by molar-refractivity contribution is 0.153. The van der Waals surface area contributed by atoms with E-state index in [2.05, 4.69) is 37.9 Å². The van der Waals surface area contributed by atoms with E-state index in [0.29, 0.717) is 0 Å². The van der Waals surface area contributed by atoms with Gasteiger partial charge in [0.2, 0.25) is 0 Å². The SMILES string of the molecule is CCNC1CCC(C)CC1CN(CC)CC. The Morgan fingerprint density at radius 3 is 2.38 bits per heavy atom. The average molecular weight is 226 g/mol. The molecule has 2 nitrogen and oxygen atoms in total. The van der Waals surface area contributed by atoms with Crippen LogP contribution in [0.4, 0.5) is 0 Å². The second-order valence-corrected chi connectivity index (χ2v) is 5.33. The fourth-order valence-corrected chi connectivity index (χ4v) is 3.04. The first-order valence-corrected chi connectivity index (χ1v) is 7.16. The van der Waals surface area contributed by atoms with Crippen LogP contribution in [0.2, 0.25) is 0 Å². The first-order chi connectivity index (χ1) is 7.71. The van der Waals surface area contributed by atoms with Gasteiger partial charge in [0.1, 0.15) is 0 Å². The van der Waals surface area contributed by atoms with Crippen molar-refractivity contribution in [3.05, 3.63) is 0 Å². The van der Waals surface area contributed by atoms with E-state index in [9.17, 15) is 0 Å². The smallest absolute Gasteiger partial charge is 0.0108 e. The third kappa shape index (κ3) is 4.06. The summed E-state index contributed by atoms with van der Waals surface area (Å²) in [5, 5.41) is 3.68. The van der Waals surface area contributed by atoms with Gasteiger partial charge in [-0.25, -0.2) is 0 Å². The van der Waals surface area contributed by atoms with Gasteiger partial charge in [0, 0.05) is 12.6 Å². The highest BCUT2D eigenvalue weighted by atomic mass is 15.1. The Morgan fingerprint density at radius 1 is 1.12 bits per heavy atom. The summed E-state index contributed by atoms with van der Waals surface area (Å²) in [4.78, 5) is 2.58. The number of nitrogens with zero attached hydrogens (tertiary/aromatic N) is 1. The Morgan fingerprint density at radius 2 is 1.81 bits per heavy atom. The summed E-state index contributed by atoms with van der Waals surface area (Å²) in [6.07, 6.45) is 4.20. The summed E-state index contributed by atoms with van der Waals surface area (Å²) in [5.74, 6) is 1.79. The Labute approximate surface area is 102 Å². The predicted molar refractivity (Wildman–Crippen MR) is 71.8 cm³/mol. The van der Waals surface area contributed by atoms with E-state index in [1.807, 2.05) is 0 Å². The number of hydrogen-bond donors (Lipinski definition) is 1. The van der Waals surface area contributed by atoms with Crippen molar-refractivity contribution in [3.63, 3.8) is 0 Å². The van der Waals surface area contributed by atoms with Crippen molar-refractivity contribution in [1.29, 1.82) is 0 Å². The molecule has 0 amide bonds. The normalized spacial score (nSPS) is 30.9. The summed E-state index contributed by atoms with van der Waals surface area (Å²) in [6, 6.07) is 0.766. The summed E-state index contributed by atoms with van der Waals surface area (Å²) in [7, 11) is 0. The lowest BCUT2D eigenvalue weighted by atomic mass is 9.78. The second kappa shape index (κ2) is 7.29. The molecule has 0 heterocycles. The van der Waals surface area contributed by atoms with Crippen molar-refractivity contribution in [2.75, 3.05) is 26.2 Å². The lowest BCUT2D eigenvalue weighted by Gasteiger charge is -2.38. The molecule has 0 aromatic carbocycles. The van der Waals surface area contributed by atoms with E-state index in [1.165, 1.54) is 38.9 Å². The van der Waals surface area contributed by atoms with Crippen LogP contribution in [0.1, 0.15) is 47.0 Å². The molecule has 2 heteroatoms. The highest BCUT2D eigenvalue weighted by molar-refractivity contribution is 4.85. The Balaban J connectivity index is 2.49. The third-order valence-corrected chi connectivity index (χ3v) is 4.10. The molecule has 1 aliphatic rings. The van der Waals surface area contributed by atoms with Crippen LogP contribution < -0.4 is 5.32 Å². The Hall–Kier alpha value is -0.0800. The van der Waals surface area contributed by atoms with Crippen LogP contribution in [0.3, 0.4) is 0 Å². The highest BCUT2D eigenvalue weighted by Crippen LogP contribution is 2.29. The molecule has 0 radical (unpaired) electrons. The van der Waals surface area contributed by atoms with Crippen LogP contribution in [0.25, 0.3) is 0 Å². The molecule has 0 bridgehead atoms. The first-order valence-electron chi connectivity index (χ1n) is 7.16. The molecule has 1 rings (SSSR count). The Kier molecular flexibility index (Phi) is 6.37. The van der Waals surface area contributed by atoms with Gasteiger partial charge in [-0.15, -0.1) is 0 Å². The number of nitrogens with one attached hydrogen (secondary N) is 1. The van der Waals surface area contributed by atoms with E-state index in [0.717, 1.165) is 24.4 Å². The summed E-state index contributed by atoms with van der Waals surface area (Å²) >= 11 is 0. The van der Waals surface area contributed by atoms with E-state index < -0.39 is 0 Å². The fraction of sp³-hybridized carbons (Fsp3) is 1.00. The quantitative estimate of drug-likeness (QED) is 0.749. The van der Waals surface area contributed by atoms with Crippen LogP contribution in [-0.4, -0.2) is 37.1 Å². The van der Waals surface area contributed by atoms with E-state index >= 15 is 0 Å². The molecule has 0 saturated heterocycles. The minimum atomic E-state index is 0.766.